The van der Waals surface area contributed by atoms with Gasteiger partial charge in [0.1, 0.15) is 11.1 Å². The number of para-hydroxylation sites is 1. The van der Waals surface area contributed by atoms with E-state index in [0.717, 1.165) is 81.9 Å². The Morgan fingerprint density at radius 1 is 0.848 bits per heavy atom. The quantitative estimate of drug-likeness (QED) is 0.122. The number of sulfone groups is 1. The highest BCUT2D eigenvalue weighted by Crippen LogP contribution is 2.39. The number of amides is 3. The number of imide groups is 1. The second-order valence-corrected chi connectivity index (χ2v) is 21.7. The lowest BCUT2D eigenvalue weighted by atomic mass is 9.87. The molecule has 2 aromatic heterocycles. The van der Waals surface area contributed by atoms with Gasteiger partial charge in [0.25, 0.3) is 5.91 Å². The second-order valence-electron chi connectivity index (χ2n) is 18.8. The number of carbonyl (C=O) groups is 3. The summed E-state index contributed by atoms with van der Waals surface area (Å²) < 4.78 is 32.6. The number of ether oxygens (including phenoxy) is 1. The van der Waals surface area contributed by atoms with Gasteiger partial charge in [-0.15, -0.1) is 0 Å². The van der Waals surface area contributed by atoms with Gasteiger partial charge in [0, 0.05) is 68.2 Å². The molecule has 0 radical (unpaired) electrons. The summed E-state index contributed by atoms with van der Waals surface area (Å²) in [5.41, 5.74) is 5.18. The molecule has 1 unspecified atom stereocenters. The monoisotopic (exact) mass is 938 g/mol. The standard InChI is InChI=1S/C48H59ClN10O6S/c1-28(2)65-41-23-37(30(5)51-45(41)55-48-50-24-38(49)44(54-48)52-39-8-6-7-9-42(39)66(63,64)29(3)4)31-14-18-57(19-15-31)35-26-58(27-35)33-16-20-56(21-17-33)34-10-11-36-32(22-34)25-59(47(36)62)40-12-13-43(60)53-46(40)61/h6-11,22-24,28-29,31,33,35,40H,12-21,25-27H2,1-5H3,(H,53,60,61)(H2,50,51,52,54,55). The van der Waals surface area contributed by atoms with Crippen LogP contribution in [-0.4, -0.2) is 125 Å². The minimum Gasteiger partial charge on any atom is -0.487 e. The number of rotatable bonds is 13. The van der Waals surface area contributed by atoms with Crippen LogP contribution in [0.4, 0.5) is 29.0 Å². The molecule has 0 bridgehead atoms. The topological polar surface area (TPSA) is 182 Å². The Labute approximate surface area is 391 Å². The van der Waals surface area contributed by atoms with Crippen molar-refractivity contribution < 1.29 is 27.5 Å². The molecule has 0 aliphatic carbocycles. The van der Waals surface area contributed by atoms with E-state index in [-0.39, 0.29) is 51.9 Å². The lowest BCUT2D eigenvalue weighted by Crippen LogP contribution is -2.64. The van der Waals surface area contributed by atoms with Gasteiger partial charge in [0.05, 0.1) is 28.1 Å². The van der Waals surface area contributed by atoms with Gasteiger partial charge in [-0.3, -0.25) is 29.5 Å². The summed E-state index contributed by atoms with van der Waals surface area (Å²) in [4.78, 5) is 60.9. The molecule has 350 valence electrons. The summed E-state index contributed by atoms with van der Waals surface area (Å²) >= 11 is 6.53. The minimum absolute atomic E-state index is 0.104. The van der Waals surface area contributed by atoms with E-state index in [2.05, 4.69) is 52.8 Å². The molecule has 4 aromatic rings. The first-order chi connectivity index (χ1) is 31.6. The molecular formula is C48H59ClN10O6S. The van der Waals surface area contributed by atoms with Gasteiger partial charge in [-0.2, -0.15) is 4.98 Å². The van der Waals surface area contributed by atoms with E-state index in [1.54, 1.807) is 43.0 Å². The van der Waals surface area contributed by atoms with E-state index in [0.29, 0.717) is 53.8 Å². The maximum Gasteiger partial charge on any atom is 0.255 e. The van der Waals surface area contributed by atoms with Crippen LogP contribution in [0, 0.1) is 6.92 Å². The molecule has 2 aromatic carbocycles. The zero-order valence-corrected chi connectivity index (χ0v) is 39.8. The molecule has 3 N–H and O–H groups in total. The lowest BCUT2D eigenvalue weighted by molar-refractivity contribution is -0.136. The summed E-state index contributed by atoms with van der Waals surface area (Å²) in [6.45, 7) is 15.8. The van der Waals surface area contributed by atoms with Gasteiger partial charge in [0.15, 0.2) is 27.2 Å². The first-order valence-electron chi connectivity index (χ1n) is 23.2. The molecule has 5 aliphatic heterocycles. The molecular weight excluding hydrogens is 880 g/mol. The van der Waals surface area contributed by atoms with Crippen molar-refractivity contribution in [1.82, 2.24) is 35.0 Å². The highest BCUT2D eigenvalue weighted by Gasteiger charge is 2.41. The first kappa shape index (κ1) is 45.8. The number of fused-ring (bicyclic) bond motifs is 1. The van der Waals surface area contributed by atoms with E-state index in [4.69, 9.17) is 21.3 Å². The van der Waals surface area contributed by atoms with Crippen LogP contribution < -0.4 is 25.6 Å². The number of aromatic nitrogens is 3. The Morgan fingerprint density at radius 2 is 1.59 bits per heavy atom. The fourth-order valence-electron chi connectivity index (χ4n) is 10.1. The molecule has 4 fully saturated rings. The highest BCUT2D eigenvalue weighted by atomic mass is 35.5. The van der Waals surface area contributed by atoms with E-state index in [1.807, 2.05) is 32.9 Å². The molecule has 0 spiro atoms. The average Bonchev–Trinajstić information content (AvgIpc) is 3.60. The fraction of sp³-hybridized carbons (Fsp3) is 0.500. The third-order valence-corrected chi connectivity index (χ3v) is 16.3. The average molecular weight is 940 g/mol. The Hall–Kier alpha value is -5.36. The number of aryl methyl sites for hydroxylation is 1. The maximum absolute atomic E-state index is 13.2. The van der Waals surface area contributed by atoms with Gasteiger partial charge < -0.3 is 25.2 Å². The van der Waals surface area contributed by atoms with E-state index in [1.165, 1.54) is 11.8 Å². The maximum atomic E-state index is 13.2. The van der Waals surface area contributed by atoms with Crippen molar-refractivity contribution in [2.75, 3.05) is 54.8 Å². The first-order valence-corrected chi connectivity index (χ1v) is 25.1. The molecule has 1 atom stereocenters. The zero-order valence-electron chi connectivity index (χ0n) is 38.2. The van der Waals surface area contributed by atoms with Crippen molar-refractivity contribution >= 4 is 68.1 Å². The number of carbonyl (C=O) groups excluding carboxylic acids is 3. The zero-order chi connectivity index (χ0) is 46.4. The molecule has 18 heteroatoms. The van der Waals surface area contributed by atoms with E-state index >= 15 is 0 Å². The Bertz CT molecular complexity index is 2630. The number of hydrogen-bond donors (Lipinski definition) is 3. The van der Waals surface area contributed by atoms with Crippen LogP contribution in [0.3, 0.4) is 0 Å². The Kier molecular flexibility index (Phi) is 13.0. The van der Waals surface area contributed by atoms with E-state index < -0.39 is 21.1 Å². The molecule has 3 amide bonds. The molecule has 66 heavy (non-hydrogen) atoms. The molecule has 4 saturated heterocycles. The van der Waals surface area contributed by atoms with Gasteiger partial charge in [-0.1, -0.05) is 23.7 Å². The number of pyridine rings is 1. The summed E-state index contributed by atoms with van der Waals surface area (Å²) in [5, 5.41) is 8.37. The minimum atomic E-state index is -3.58. The number of nitrogens with zero attached hydrogens (tertiary/aromatic N) is 7. The molecule has 7 heterocycles. The Morgan fingerprint density at radius 3 is 2.30 bits per heavy atom. The van der Waals surface area contributed by atoms with Crippen molar-refractivity contribution in [3.8, 4) is 5.75 Å². The molecule has 9 rings (SSSR count). The number of hydrogen-bond acceptors (Lipinski definition) is 14. The van der Waals surface area contributed by atoms with Crippen LogP contribution in [0.25, 0.3) is 0 Å². The number of benzene rings is 2. The highest BCUT2D eigenvalue weighted by molar-refractivity contribution is 7.92. The normalized spacial score (nSPS) is 20.5. The van der Waals surface area contributed by atoms with Gasteiger partial charge in [-0.25, -0.2) is 18.4 Å². The van der Waals surface area contributed by atoms with Gasteiger partial charge in [0.2, 0.25) is 17.8 Å². The lowest BCUT2D eigenvalue weighted by Gasteiger charge is -2.52. The summed E-state index contributed by atoms with van der Waals surface area (Å²) in [7, 11) is -3.58. The third-order valence-electron chi connectivity index (χ3n) is 13.9. The summed E-state index contributed by atoms with van der Waals surface area (Å²) in [6, 6.07) is 15.4. The van der Waals surface area contributed by atoms with Crippen molar-refractivity contribution in [2.45, 2.75) is 120 Å². The predicted molar refractivity (Wildman–Crippen MR) is 254 cm³/mol. The van der Waals surface area contributed by atoms with Crippen LogP contribution in [0.5, 0.6) is 5.75 Å². The van der Waals surface area contributed by atoms with E-state index in [9.17, 15) is 22.8 Å². The number of anilines is 5. The number of halogens is 1. The Balaban J connectivity index is 0.776. The molecule has 0 saturated carbocycles. The summed E-state index contributed by atoms with van der Waals surface area (Å²) in [5.74, 6) is 1.12. The number of likely N-dealkylation sites (tertiary alicyclic amines) is 2. The molecule has 16 nitrogen and oxygen atoms in total. The van der Waals surface area contributed by atoms with Gasteiger partial charge in [-0.05, 0) is 133 Å². The van der Waals surface area contributed by atoms with Crippen LogP contribution >= 0.6 is 11.6 Å². The summed E-state index contributed by atoms with van der Waals surface area (Å²) in [6.07, 6.45) is 6.22. The number of nitrogens with one attached hydrogen (secondary N) is 3. The SMILES string of the molecule is Cc1nc(Nc2ncc(Cl)c(Nc3ccccc3S(=O)(=O)C(C)C)n2)c(OC(C)C)cc1C1CCN(C2CN(C3CCN(c4ccc5c(c4)CN(C4CCC(=O)NC4=O)C5=O)CC3)C2)CC1. The smallest absolute Gasteiger partial charge is 0.255 e. The predicted octanol–water partition coefficient (Wildman–Crippen LogP) is 6.58. The van der Waals surface area contributed by atoms with Crippen LogP contribution in [-0.2, 0) is 26.0 Å². The van der Waals surface area contributed by atoms with Crippen LogP contribution in [0.2, 0.25) is 5.02 Å². The van der Waals surface area contributed by atoms with Crippen molar-refractivity contribution in [3.63, 3.8) is 0 Å². The van der Waals surface area contributed by atoms with Crippen molar-refractivity contribution in [3.05, 3.63) is 82.1 Å². The number of piperidine rings is 3. The third kappa shape index (κ3) is 9.31. The van der Waals surface area contributed by atoms with Crippen LogP contribution in [0.1, 0.15) is 99.3 Å². The van der Waals surface area contributed by atoms with Crippen molar-refractivity contribution in [2.24, 2.45) is 0 Å². The van der Waals surface area contributed by atoms with Gasteiger partial charge >= 0.3 is 0 Å². The molecule has 5 aliphatic rings. The van der Waals surface area contributed by atoms with Crippen LogP contribution in [0.15, 0.2) is 59.6 Å². The van der Waals surface area contributed by atoms with Crippen molar-refractivity contribution in [1.29, 1.82) is 0 Å². The fourth-order valence-corrected chi connectivity index (χ4v) is 11.4. The largest absolute Gasteiger partial charge is 0.487 e. The second kappa shape index (κ2) is 18.7.